The zero-order valence-electron chi connectivity index (χ0n) is 10.9. The molecule has 0 saturated carbocycles. The number of nitrogens with zero attached hydrogens (tertiary/aromatic N) is 1. The molecule has 0 heterocycles. The molecule has 1 aromatic rings. The molecular formula is C12H15BrCl2FNO2S. The molecule has 20 heavy (non-hydrogen) atoms. The number of benzene rings is 1. The molecule has 0 radical (unpaired) electrons. The van der Waals surface area contributed by atoms with Gasteiger partial charge in [0.05, 0.1) is 10.0 Å². The van der Waals surface area contributed by atoms with E-state index in [1.54, 1.807) is 0 Å². The molecule has 0 aliphatic heterocycles. The second-order valence-corrected chi connectivity index (χ2v) is 7.60. The Kier molecular flexibility index (Phi) is 7.21. The smallest absolute Gasteiger partial charge is 0.207 e. The van der Waals surface area contributed by atoms with Crippen LogP contribution in [0.4, 0.5) is 4.39 Å². The molecule has 8 heteroatoms. The van der Waals surface area contributed by atoms with Gasteiger partial charge in [-0.3, -0.25) is 0 Å². The minimum atomic E-state index is -3.83. The predicted molar refractivity (Wildman–Crippen MR) is 83.9 cm³/mol. The maximum Gasteiger partial charge on any atom is 0.244 e. The van der Waals surface area contributed by atoms with Crippen molar-refractivity contribution >= 4 is 49.2 Å². The van der Waals surface area contributed by atoms with Crippen molar-refractivity contribution in [1.29, 1.82) is 0 Å². The summed E-state index contributed by atoms with van der Waals surface area (Å²) in [6.07, 6.45) is 1.58. The van der Waals surface area contributed by atoms with E-state index < -0.39 is 20.9 Å². The maximum atomic E-state index is 13.7. The fourth-order valence-electron chi connectivity index (χ4n) is 1.63. The van der Waals surface area contributed by atoms with Crippen molar-refractivity contribution in [2.75, 3.05) is 18.4 Å². The van der Waals surface area contributed by atoms with E-state index in [1.165, 1.54) is 16.4 Å². The highest BCUT2D eigenvalue weighted by molar-refractivity contribution is 9.09. The molecule has 0 bridgehead atoms. The highest BCUT2D eigenvalue weighted by atomic mass is 79.9. The van der Waals surface area contributed by atoms with Crippen LogP contribution < -0.4 is 0 Å². The molecule has 0 aliphatic carbocycles. The largest absolute Gasteiger partial charge is 0.244 e. The summed E-state index contributed by atoms with van der Waals surface area (Å²) in [6.45, 7) is 2.63. The predicted octanol–water partition coefficient (Wildman–Crippen LogP) is 4.32. The third kappa shape index (κ3) is 4.07. The Morgan fingerprint density at radius 1 is 1.30 bits per heavy atom. The monoisotopic (exact) mass is 405 g/mol. The van der Waals surface area contributed by atoms with E-state index in [9.17, 15) is 12.8 Å². The fraction of sp³-hybridized carbons (Fsp3) is 0.500. The lowest BCUT2D eigenvalue weighted by Gasteiger charge is -2.22. The third-order valence-corrected chi connectivity index (χ3v) is 5.78. The highest BCUT2D eigenvalue weighted by Crippen LogP contribution is 2.31. The van der Waals surface area contributed by atoms with E-state index in [2.05, 4.69) is 15.9 Å². The van der Waals surface area contributed by atoms with E-state index >= 15 is 0 Å². The van der Waals surface area contributed by atoms with Crippen LogP contribution in [0.15, 0.2) is 17.0 Å². The van der Waals surface area contributed by atoms with Gasteiger partial charge in [0.1, 0.15) is 4.90 Å². The summed E-state index contributed by atoms with van der Waals surface area (Å²) in [4.78, 5) is -0.252. The zero-order valence-corrected chi connectivity index (χ0v) is 14.8. The zero-order chi connectivity index (χ0) is 15.3. The average molecular weight is 407 g/mol. The van der Waals surface area contributed by atoms with Gasteiger partial charge in [-0.15, -0.1) is 0 Å². The summed E-state index contributed by atoms with van der Waals surface area (Å²) < 4.78 is 40.0. The molecule has 0 N–H and O–H groups in total. The van der Waals surface area contributed by atoms with Crippen LogP contribution in [0.3, 0.4) is 0 Å². The van der Waals surface area contributed by atoms with E-state index in [0.717, 1.165) is 12.8 Å². The van der Waals surface area contributed by atoms with Gasteiger partial charge in [0.15, 0.2) is 5.82 Å². The Balaban J connectivity index is 3.22. The van der Waals surface area contributed by atoms with Gasteiger partial charge in [-0.2, -0.15) is 4.31 Å². The number of hydrogen-bond acceptors (Lipinski definition) is 2. The maximum absolute atomic E-state index is 13.7. The molecule has 0 aliphatic rings. The van der Waals surface area contributed by atoms with Crippen molar-refractivity contribution in [3.05, 3.63) is 28.0 Å². The first-order chi connectivity index (χ1) is 9.36. The van der Waals surface area contributed by atoms with Gasteiger partial charge in [0.25, 0.3) is 0 Å². The summed E-state index contributed by atoms with van der Waals surface area (Å²) in [7, 11) is -3.83. The van der Waals surface area contributed by atoms with E-state index in [4.69, 9.17) is 23.2 Å². The molecule has 0 unspecified atom stereocenters. The highest BCUT2D eigenvalue weighted by Gasteiger charge is 2.28. The van der Waals surface area contributed by atoms with E-state index in [-0.39, 0.29) is 9.92 Å². The Morgan fingerprint density at radius 3 is 2.50 bits per heavy atom. The van der Waals surface area contributed by atoms with Crippen LogP contribution in [0.25, 0.3) is 0 Å². The minimum Gasteiger partial charge on any atom is -0.207 e. The Morgan fingerprint density at radius 2 is 1.95 bits per heavy atom. The Bertz CT molecular complexity index is 569. The normalized spacial score (nSPS) is 12.1. The summed E-state index contributed by atoms with van der Waals surface area (Å²) in [6, 6.07) is 2.43. The van der Waals surface area contributed by atoms with Crippen molar-refractivity contribution in [2.24, 2.45) is 0 Å². The number of alkyl halides is 1. The minimum absolute atomic E-state index is 0.199. The third-order valence-electron chi connectivity index (χ3n) is 2.71. The van der Waals surface area contributed by atoms with E-state index in [0.29, 0.717) is 18.4 Å². The lowest BCUT2D eigenvalue weighted by molar-refractivity contribution is 0.421. The summed E-state index contributed by atoms with van der Waals surface area (Å²) in [5, 5.41) is -0.174. The molecule has 1 aromatic carbocycles. The molecule has 0 aromatic heterocycles. The molecule has 0 amide bonds. The first kappa shape index (κ1) is 18.2. The van der Waals surface area contributed by atoms with Crippen molar-refractivity contribution in [3.63, 3.8) is 0 Å². The van der Waals surface area contributed by atoms with Gasteiger partial charge in [-0.25, -0.2) is 12.8 Å². The number of sulfonamides is 1. The first-order valence-corrected chi connectivity index (χ1v) is 9.37. The topological polar surface area (TPSA) is 37.4 Å². The van der Waals surface area contributed by atoms with E-state index in [1.807, 2.05) is 6.92 Å². The van der Waals surface area contributed by atoms with Crippen LogP contribution in [-0.4, -0.2) is 31.1 Å². The number of unbranched alkanes of at least 4 members (excludes halogenated alkanes) is 1. The van der Waals surface area contributed by atoms with Gasteiger partial charge in [0.2, 0.25) is 10.0 Å². The quantitative estimate of drug-likeness (QED) is 0.499. The Hall–Kier alpha value is 0.120. The average Bonchev–Trinajstić information content (AvgIpc) is 2.40. The summed E-state index contributed by atoms with van der Waals surface area (Å²) in [5.41, 5.74) is 0. The van der Waals surface area contributed by atoms with Crippen LogP contribution in [0, 0.1) is 5.82 Å². The Labute approximate surface area is 137 Å². The first-order valence-electron chi connectivity index (χ1n) is 6.05. The van der Waals surface area contributed by atoms with Crippen LogP contribution in [-0.2, 0) is 10.0 Å². The molecule has 0 spiro atoms. The lowest BCUT2D eigenvalue weighted by Crippen LogP contribution is -2.34. The van der Waals surface area contributed by atoms with Gasteiger partial charge in [0, 0.05) is 18.4 Å². The van der Waals surface area contributed by atoms with Crippen molar-refractivity contribution in [3.8, 4) is 0 Å². The van der Waals surface area contributed by atoms with Crippen LogP contribution >= 0.6 is 39.1 Å². The van der Waals surface area contributed by atoms with Crippen LogP contribution in [0.1, 0.15) is 19.8 Å². The second kappa shape index (κ2) is 7.94. The second-order valence-electron chi connectivity index (χ2n) is 4.12. The van der Waals surface area contributed by atoms with Gasteiger partial charge in [-0.1, -0.05) is 52.5 Å². The molecule has 0 atom stereocenters. The molecule has 0 fully saturated rings. The molecule has 3 nitrogen and oxygen atoms in total. The molecule has 0 saturated heterocycles. The van der Waals surface area contributed by atoms with Gasteiger partial charge < -0.3 is 0 Å². The standard InChI is InChI=1S/C12H15BrCl2FNO2S/c1-2-3-7-17(8-6-13)20(18,19)10-5-4-9(14)12(16)11(10)15/h4-5H,2-3,6-8H2,1H3. The van der Waals surface area contributed by atoms with Crippen molar-refractivity contribution in [1.82, 2.24) is 4.31 Å². The lowest BCUT2D eigenvalue weighted by atomic mass is 10.3. The van der Waals surface area contributed by atoms with Gasteiger partial charge >= 0.3 is 0 Å². The molecule has 1 rings (SSSR count). The number of hydrogen-bond donors (Lipinski definition) is 0. The molecule has 114 valence electrons. The van der Waals surface area contributed by atoms with Gasteiger partial charge in [-0.05, 0) is 18.6 Å². The number of halogens is 4. The molecular weight excluding hydrogens is 392 g/mol. The summed E-state index contributed by atoms with van der Waals surface area (Å²) in [5.74, 6) is -0.913. The summed E-state index contributed by atoms with van der Waals surface area (Å²) >= 11 is 14.6. The number of rotatable bonds is 7. The van der Waals surface area contributed by atoms with Crippen molar-refractivity contribution < 1.29 is 12.8 Å². The van der Waals surface area contributed by atoms with Crippen LogP contribution in [0.2, 0.25) is 10.0 Å². The van der Waals surface area contributed by atoms with Crippen LogP contribution in [0.5, 0.6) is 0 Å². The fourth-order valence-corrected chi connectivity index (χ4v) is 4.49. The van der Waals surface area contributed by atoms with Crippen molar-refractivity contribution in [2.45, 2.75) is 24.7 Å². The SMILES string of the molecule is CCCCN(CCBr)S(=O)(=O)c1ccc(Cl)c(F)c1Cl.